The summed E-state index contributed by atoms with van der Waals surface area (Å²) in [5, 5.41) is 4.39. The first-order chi connectivity index (χ1) is 11.4. The van der Waals surface area contributed by atoms with Gasteiger partial charge in [0.05, 0.1) is 12.0 Å². The lowest BCUT2D eigenvalue weighted by Gasteiger charge is -2.13. The van der Waals surface area contributed by atoms with Crippen LogP contribution in [0.1, 0.15) is 22.8 Å². The molecule has 0 radical (unpaired) electrons. The number of primary amides is 1. The largest absolute Gasteiger partial charge is 0.452 e. The van der Waals surface area contributed by atoms with E-state index in [2.05, 4.69) is 5.32 Å². The van der Waals surface area contributed by atoms with Crippen molar-refractivity contribution in [2.75, 3.05) is 5.32 Å². The molecule has 0 aliphatic rings. The molecule has 0 aliphatic heterocycles. The second kappa shape index (κ2) is 7.69. The number of nitrogens with two attached hydrogens (primary N) is 1. The lowest BCUT2D eigenvalue weighted by atomic mass is 10.1. The molecular formula is C16H15FN2O4S. The normalized spacial score (nSPS) is 11.6. The Hall–Kier alpha value is -2.74. The van der Waals surface area contributed by atoms with Crippen molar-refractivity contribution in [2.45, 2.75) is 19.4 Å². The molecule has 0 saturated heterocycles. The zero-order valence-corrected chi connectivity index (χ0v) is 13.6. The number of amides is 2. The molecule has 1 aromatic carbocycles. The van der Waals surface area contributed by atoms with Crippen molar-refractivity contribution >= 4 is 34.1 Å². The fourth-order valence-corrected chi connectivity index (χ4v) is 2.71. The number of rotatable bonds is 6. The van der Waals surface area contributed by atoms with Gasteiger partial charge in [0.2, 0.25) is 0 Å². The third kappa shape index (κ3) is 4.63. The minimum atomic E-state index is -1.08. The molecule has 6 nitrogen and oxygen atoms in total. The zero-order valence-electron chi connectivity index (χ0n) is 12.7. The van der Waals surface area contributed by atoms with Gasteiger partial charge in [-0.1, -0.05) is 12.1 Å². The van der Waals surface area contributed by atoms with E-state index in [4.69, 9.17) is 10.5 Å². The zero-order chi connectivity index (χ0) is 17.7. The molecule has 3 N–H and O–H groups in total. The van der Waals surface area contributed by atoms with Crippen LogP contribution in [0.2, 0.25) is 0 Å². The molecule has 24 heavy (non-hydrogen) atoms. The van der Waals surface area contributed by atoms with Crippen molar-refractivity contribution in [1.29, 1.82) is 0 Å². The molecule has 1 atom stereocenters. The summed E-state index contributed by atoms with van der Waals surface area (Å²) in [6.07, 6.45) is -1.23. The predicted molar refractivity (Wildman–Crippen MR) is 87.1 cm³/mol. The molecule has 2 aromatic rings. The highest BCUT2D eigenvalue weighted by atomic mass is 32.1. The number of esters is 1. The van der Waals surface area contributed by atoms with Crippen LogP contribution < -0.4 is 11.1 Å². The maximum atomic E-state index is 13.1. The molecule has 0 unspecified atom stereocenters. The maximum Gasteiger partial charge on any atom is 0.311 e. The van der Waals surface area contributed by atoms with Gasteiger partial charge < -0.3 is 15.8 Å². The molecule has 8 heteroatoms. The van der Waals surface area contributed by atoms with Crippen LogP contribution in [0.25, 0.3) is 0 Å². The van der Waals surface area contributed by atoms with E-state index in [1.807, 2.05) is 0 Å². The number of thiophene rings is 1. The van der Waals surface area contributed by atoms with E-state index in [0.29, 0.717) is 10.6 Å². The standard InChI is InChI=1S/C16H15FN2O4S/c1-9(15(22)19-16-12(14(18)21)5-6-24-16)23-13(20)8-10-3-2-4-11(17)7-10/h2-7,9H,8H2,1H3,(H2,18,21)(H,19,22)/t9-/m1/s1. The molecule has 0 spiro atoms. The smallest absolute Gasteiger partial charge is 0.311 e. The molecule has 0 saturated carbocycles. The van der Waals surface area contributed by atoms with Crippen molar-refractivity contribution in [1.82, 2.24) is 0 Å². The van der Waals surface area contributed by atoms with E-state index in [9.17, 15) is 18.8 Å². The molecule has 2 rings (SSSR count). The van der Waals surface area contributed by atoms with Gasteiger partial charge in [0.25, 0.3) is 11.8 Å². The van der Waals surface area contributed by atoms with Crippen LogP contribution in [0.4, 0.5) is 9.39 Å². The SMILES string of the molecule is C[C@@H](OC(=O)Cc1cccc(F)c1)C(=O)Nc1sccc1C(N)=O. The van der Waals surface area contributed by atoms with Crippen molar-refractivity contribution in [3.8, 4) is 0 Å². The summed E-state index contributed by atoms with van der Waals surface area (Å²) in [7, 11) is 0. The summed E-state index contributed by atoms with van der Waals surface area (Å²) in [4.78, 5) is 35.1. The van der Waals surface area contributed by atoms with Gasteiger partial charge in [0.1, 0.15) is 10.8 Å². The first-order valence-electron chi connectivity index (χ1n) is 6.99. The van der Waals surface area contributed by atoms with E-state index < -0.39 is 29.7 Å². The number of hydrogen-bond donors (Lipinski definition) is 2. The molecule has 0 bridgehead atoms. The molecule has 0 aliphatic carbocycles. The van der Waals surface area contributed by atoms with Crippen LogP contribution in [0.15, 0.2) is 35.7 Å². The van der Waals surface area contributed by atoms with Crippen LogP contribution in [0.3, 0.4) is 0 Å². The number of benzene rings is 1. The second-order valence-electron chi connectivity index (χ2n) is 4.96. The Bertz CT molecular complexity index is 775. The maximum absolute atomic E-state index is 13.1. The van der Waals surface area contributed by atoms with Crippen LogP contribution in [-0.4, -0.2) is 23.9 Å². The van der Waals surface area contributed by atoms with Crippen LogP contribution in [-0.2, 0) is 20.7 Å². The van der Waals surface area contributed by atoms with Crippen molar-refractivity contribution in [3.63, 3.8) is 0 Å². The van der Waals surface area contributed by atoms with Crippen molar-refractivity contribution < 1.29 is 23.5 Å². The average Bonchev–Trinajstić information content (AvgIpc) is 2.95. The summed E-state index contributed by atoms with van der Waals surface area (Å²) in [5.41, 5.74) is 5.82. The highest BCUT2D eigenvalue weighted by molar-refractivity contribution is 7.14. The molecule has 1 aromatic heterocycles. The highest BCUT2D eigenvalue weighted by Gasteiger charge is 2.20. The van der Waals surface area contributed by atoms with Gasteiger partial charge in [0.15, 0.2) is 6.10 Å². The van der Waals surface area contributed by atoms with Gasteiger partial charge in [-0.15, -0.1) is 11.3 Å². The Labute approximate surface area is 141 Å². The molecule has 0 fully saturated rings. The minimum Gasteiger partial charge on any atom is -0.452 e. The van der Waals surface area contributed by atoms with Gasteiger partial charge in [-0.3, -0.25) is 14.4 Å². The van der Waals surface area contributed by atoms with Crippen LogP contribution in [0, 0.1) is 5.82 Å². The van der Waals surface area contributed by atoms with Gasteiger partial charge >= 0.3 is 5.97 Å². The fourth-order valence-electron chi connectivity index (χ4n) is 1.92. The predicted octanol–water partition coefficient (Wildman–Crippen LogP) is 2.10. The molecule has 2 amide bonds. The lowest BCUT2D eigenvalue weighted by molar-refractivity contribution is -0.152. The third-order valence-corrected chi connectivity index (χ3v) is 3.91. The van der Waals surface area contributed by atoms with Gasteiger partial charge in [-0.25, -0.2) is 4.39 Å². The van der Waals surface area contributed by atoms with Crippen LogP contribution in [0.5, 0.6) is 0 Å². The number of nitrogens with one attached hydrogen (secondary N) is 1. The summed E-state index contributed by atoms with van der Waals surface area (Å²) in [6, 6.07) is 7.04. The summed E-state index contributed by atoms with van der Waals surface area (Å²) < 4.78 is 18.1. The van der Waals surface area contributed by atoms with E-state index in [-0.39, 0.29) is 12.0 Å². The first kappa shape index (κ1) is 17.6. The average molecular weight is 350 g/mol. The van der Waals surface area contributed by atoms with Gasteiger partial charge in [-0.05, 0) is 36.1 Å². The molecule has 1 heterocycles. The third-order valence-electron chi connectivity index (χ3n) is 3.08. The van der Waals surface area contributed by atoms with Crippen LogP contribution >= 0.6 is 11.3 Å². The van der Waals surface area contributed by atoms with Gasteiger partial charge in [-0.2, -0.15) is 0 Å². The van der Waals surface area contributed by atoms with Gasteiger partial charge in [0, 0.05) is 0 Å². The molecular weight excluding hydrogens is 335 g/mol. The second-order valence-corrected chi connectivity index (χ2v) is 5.87. The number of halogens is 1. The Morgan fingerprint density at radius 3 is 2.75 bits per heavy atom. The van der Waals surface area contributed by atoms with Crippen molar-refractivity contribution in [3.05, 3.63) is 52.7 Å². The number of anilines is 1. The Morgan fingerprint density at radius 2 is 2.08 bits per heavy atom. The molecule has 126 valence electrons. The summed E-state index contributed by atoms with van der Waals surface area (Å²) in [6.45, 7) is 1.40. The monoisotopic (exact) mass is 350 g/mol. The Balaban J connectivity index is 1.92. The summed E-state index contributed by atoms with van der Waals surface area (Å²) in [5.74, 6) is -2.37. The summed E-state index contributed by atoms with van der Waals surface area (Å²) >= 11 is 1.13. The highest BCUT2D eigenvalue weighted by Crippen LogP contribution is 2.23. The number of carbonyl (C=O) groups is 3. The van der Waals surface area contributed by atoms with E-state index in [1.165, 1.54) is 31.2 Å². The van der Waals surface area contributed by atoms with E-state index in [0.717, 1.165) is 11.3 Å². The van der Waals surface area contributed by atoms with Crippen molar-refractivity contribution in [2.24, 2.45) is 5.73 Å². The fraction of sp³-hybridized carbons (Fsp3) is 0.188. The number of carbonyl (C=O) groups excluding carboxylic acids is 3. The Morgan fingerprint density at radius 1 is 1.33 bits per heavy atom. The number of hydrogen-bond acceptors (Lipinski definition) is 5. The first-order valence-corrected chi connectivity index (χ1v) is 7.87. The Kier molecular flexibility index (Phi) is 5.64. The topological polar surface area (TPSA) is 98.5 Å². The van der Waals surface area contributed by atoms with E-state index >= 15 is 0 Å². The number of ether oxygens (including phenoxy) is 1. The quantitative estimate of drug-likeness (QED) is 0.780. The lowest BCUT2D eigenvalue weighted by Crippen LogP contribution is -2.30. The van der Waals surface area contributed by atoms with E-state index in [1.54, 1.807) is 11.4 Å². The minimum absolute atomic E-state index is 0.152.